The molecule has 2 aromatic rings. The van der Waals surface area contributed by atoms with Gasteiger partial charge in [0.25, 0.3) is 0 Å². The maximum absolute atomic E-state index is 11.8. The molecule has 3 rings (SSSR count). The lowest BCUT2D eigenvalue weighted by Crippen LogP contribution is -2.31. The van der Waals surface area contributed by atoms with Gasteiger partial charge in [0.2, 0.25) is 5.56 Å². The Bertz CT molecular complexity index is 770. The summed E-state index contributed by atoms with van der Waals surface area (Å²) < 4.78 is 1.78. The molecule has 0 aliphatic heterocycles. The van der Waals surface area contributed by atoms with E-state index in [-0.39, 0.29) is 5.56 Å². The standard InChI is InChI=1S/C18H20Cl2N2O/c1-22-17-4-2-3-16(14(17)7-8-18(22)23)21-10-9-12-5-6-13(19)11-15(12)20/h5-8,11,16,21H,2-4,9-10H2,1H3. The van der Waals surface area contributed by atoms with Gasteiger partial charge in [0.05, 0.1) is 0 Å². The van der Waals surface area contributed by atoms with Gasteiger partial charge in [-0.2, -0.15) is 0 Å². The third kappa shape index (κ3) is 3.63. The van der Waals surface area contributed by atoms with Crippen LogP contribution in [0.25, 0.3) is 0 Å². The Hall–Kier alpha value is -1.29. The monoisotopic (exact) mass is 350 g/mol. The molecule has 0 saturated carbocycles. The fraction of sp³-hybridized carbons (Fsp3) is 0.389. The summed E-state index contributed by atoms with van der Waals surface area (Å²) in [6, 6.07) is 9.57. The molecule has 1 atom stereocenters. The lowest BCUT2D eigenvalue weighted by molar-refractivity contribution is 0.449. The highest BCUT2D eigenvalue weighted by Crippen LogP contribution is 2.28. The molecule has 1 aliphatic rings. The molecule has 3 nitrogen and oxygen atoms in total. The topological polar surface area (TPSA) is 34.0 Å². The molecule has 5 heteroatoms. The first-order chi connectivity index (χ1) is 11.1. The number of hydrogen-bond donors (Lipinski definition) is 1. The molecule has 1 N–H and O–H groups in total. The van der Waals surface area contributed by atoms with Crippen molar-refractivity contribution in [1.29, 1.82) is 0 Å². The van der Waals surface area contributed by atoms with Crippen molar-refractivity contribution < 1.29 is 0 Å². The zero-order valence-corrected chi connectivity index (χ0v) is 14.6. The van der Waals surface area contributed by atoms with E-state index in [4.69, 9.17) is 23.2 Å². The summed E-state index contributed by atoms with van der Waals surface area (Å²) in [5.41, 5.74) is 3.57. The maximum Gasteiger partial charge on any atom is 0.250 e. The van der Waals surface area contributed by atoms with Crippen LogP contribution in [0, 0.1) is 0 Å². The molecule has 1 unspecified atom stereocenters. The zero-order chi connectivity index (χ0) is 16.4. The number of aromatic nitrogens is 1. The van der Waals surface area contributed by atoms with Crippen LogP contribution in [-0.4, -0.2) is 11.1 Å². The highest BCUT2D eigenvalue weighted by atomic mass is 35.5. The van der Waals surface area contributed by atoms with E-state index in [2.05, 4.69) is 5.32 Å². The summed E-state index contributed by atoms with van der Waals surface area (Å²) in [5.74, 6) is 0. The lowest BCUT2D eigenvalue weighted by atomic mass is 9.91. The first kappa shape index (κ1) is 16.6. The van der Waals surface area contributed by atoms with Crippen molar-refractivity contribution in [3.8, 4) is 0 Å². The minimum absolute atomic E-state index is 0.0670. The van der Waals surface area contributed by atoms with Crippen LogP contribution in [0.5, 0.6) is 0 Å². The number of halogens is 2. The van der Waals surface area contributed by atoms with Gasteiger partial charge < -0.3 is 9.88 Å². The summed E-state index contributed by atoms with van der Waals surface area (Å²) in [5, 5.41) is 4.98. The molecule has 1 aromatic heterocycles. The van der Waals surface area contributed by atoms with Gasteiger partial charge in [0, 0.05) is 34.9 Å². The third-order valence-electron chi connectivity index (χ3n) is 4.56. The van der Waals surface area contributed by atoms with Crippen LogP contribution < -0.4 is 10.9 Å². The second-order valence-electron chi connectivity index (χ2n) is 6.02. The second kappa shape index (κ2) is 7.08. The van der Waals surface area contributed by atoms with Crippen molar-refractivity contribution in [2.75, 3.05) is 6.54 Å². The molecule has 122 valence electrons. The van der Waals surface area contributed by atoms with Crippen LogP contribution in [0.4, 0.5) is 0 Å². The highest BCUT2D eigenvalue weighted by Gasteiger charge is 2.21. The molecular formula is C18H20Cl2N2O. The van der Waals surface area contributed by atoms with Gasteiger partial charge >= 0.3 is 0 Å². The molecule has 0 amide bonds. The van der Waals surface area contributed by atoms with Crippen LogP contribution in [0.2, 0.25) is 10.0 Å². The predicted molar refractivity (Wildman–Crippen MR) is 95.5 cm³/mol. The smallest absolute Gasteiger partial charge is 0.250 e. The van der Waals surface area contributed by atoms with Crippen LogP contribution in [0.15, 0.2) is 35.1 Å². The lowest BCUT2D eigenvalue weighted by Gasteiger charge is -2.28. The van der Waals surface area contributed by atoms with Crippen LogP contribution in [-0.2, 0) is 19.9 Å². The molecule has 1 aromatic carbocycles. The average molecular weight is 351 g/mol. The number of fused-ring (bicyclic) bond motifs is 1. The van der Waals surface area contributed by atoms with Crippen LogP contribution >= 0.6 is 23.2 Å². The Labute approximate surface area is 146 Å². The maximum atomic E-state index is 11.8. The van der Waals surface area contributed by atoms with Crippen LogP contribution in [0.3, 0.4) is 0 Å². The van der Waals surface area contributed by atoms with E-state index in [1.54, 1.807) is 16.7 Å². The summed E-state index contributed by atoms with van der Waals surface area (Å²) >= 11 is 12.1. The minimum Gasteiger partial charge on any atom is -0.315 e. The first-order valence-corrected chi connectivity index (χ1v) is 8.68. The Kier molecular flexibility index (Phi) is 5.10. The zero-order valence-electron chi connectivity index (χ0n) is 13.1. The molecule has 0 bridgehead atoms. The summed E-state index contributed by atoms with van der Waals surface area (Å²) in [6.45, 7) is 0.842. The quantitative estimate of drug-likeness (QED) is 0.907. The second-order valence-corrected chi connectivity index (χ2v) is 6.86. The molecular weight excluding hydrogens is 331 g/mol. The molecule has 0 spiro atoms. The SMILES string of the molecule is Cn1c2c(ccc1=O)C(NCCc1ccc(Cl)cc1Cl)CCC2. The molecule has 0 saturated heterocycles. The van der Waals surface area contributed by atoms with Gasteiger partial charge in [0.15, 0.2) is 0 Å². The average Bonchev–Trinajstić information content (AvgIpc) is 2.53. The highest BCUT2D eigenvalue weighted by molar-refractivity contribution is 6.35. The summed E-state index contributed by atoms with van der Waals surface area (Å²) in [7, 11) is 1.86. The number of nitrogens with zero attached hydrogens (tertiary/aromatic N) is 1. The fourth-order valence-corrected chi connectivity index (χ4v) is 3.77. The number of benzene rings is 1. The normalized spacial score (nSPS) is 17.1. The van der Waals surface area contributed by atoms with Gasteiger partial charge in [0.1, 0.15) is 0 Å². The Morgan fingerprint density at radius 2 is 2.09 bits per heavy atom. The van der Waals surface area contributed by atoms with Gasteiger partial charge in [-0.3, -0.25) is 4.79 Å². The van der Waals surface area contributed by atoms with E-state index >= 15 is 0 Å². The Morgan fingerprint density at radius 1 is 1.26 bits per heavy atom. The fourth-order valence-electron chi connectivity index (χ4n) is 3.27. The number of rotatable bonds is 4. The van der Waals surface area contributed by atoms with Gasteiger partial charge in [-0.05, 0) is 55.5 Å². The number of hydrogen-bond acceptors (Lipinski definition) is 2. The number of pyridine rings is 1. The summed E-state index contributed by atoms with van der Waals surface area (Å²) in [4.78, 5) is 11.8. The number of nitrogens with one attached hydrogen (secondary N) is 1. The van der Waals surface area contributed by atoms with E-state index in [1.807, 2.05) is 25.2 Å². The van der Waals surface area contributed by atoms with Crippen molar-refractivity contribution in [3.05, 3.63) is 67.6 Å². The van der Waals surface area contributed by atoms with E-state index in [0.717, 1.165) is 43.5 Å². The van der Waals surface area contributed by atoms with E-state index in [9.17, 15) is 4.79 Å². The third-order valence-corrected chi connectivity index (χ3v) is 5.14. The molecule has 1 aliphatic carbocycles. The molecule has 0 radical (unpaired) electrons. The molecule has 23 heavy (non-hydrogen) atoms. The van der Waals surface area contributed by atoms with Crippen molar-refractivity contribution in [2.45, 2.75) is 31.7 Å². The van der Waals surface area contributed by atoms with E-state index in [1.165, 1.54) is 5.56 Å². The Morgan fingerprint density at radius 3 is 2.87 bits per heavy atom. The van der Waals surface area contributed by atoms with Gasteiger partial charge in [-0.15, -0.1) is 0 Å². The van der Waals surface area contributed by atoms with Gasteiger partial charge in [-0.1, -0.05) is 35.3 Å². The van der Waals surface area contributed by atoms with Gasteiger partial charge in [-0.25, -0.2) is 0 Å². The van der Waals surface area contributed by atoms with Crippen molar-refractivity contribution in [2.24, 2.45) is 7.05 Å². The largest absolute Gasteiger partial charge is 0.315 e. The molecule has 0 fully saturated rings. The van der Waals surface area contributed by atoms with E-state index in [0.29, 0.717) is 16.1 Å². The van der Waals surface area contributed by atoms with Crippen molar-refractivity contribution in [3.63, 3.8) is 0 Å². The van der Waals surface area contributed by atoms with Crippen LogP contribution in [0.1, 0.15) is 35.7 Å². The molecule has 1 heterocycles. The van der Waals surface area contributed by atoms with Crippen molar-refractivity contribution >= 4 is 23.2 Å². The first-order valence-electron chi connectivity index (χ1n) is 7.92. The van der Waals surface area contributed by atoms with Crippen molar-refractivity contribution in [1.82, 2.24) is 9.88 Å². The Balaban J connectivity index is 1.68. The minimum atomic E-state index is 0.0670. The van der Waals surface area contributed by atoms with E-state index < -0.39 is 0 Å². The summed E-state index contributed by atoms with van der Waals surface area (Å²) in [6.07, 6.45) is 4.03. The predicted octanol–water partition coefficient (Wildman–Crippen LogP) is 3.90.